The number of hydrogen-bond donors (Lipinski definition) is 2. The van der Waals surface area contributed by atoms with E-state index in [0.29, 0.717) is 23.9 Å². The van der Waals surface area contributed by atoms with Crippen LogP contribution in [-0.2, 0) is 6.42 Å². The number of hydrogen-bond acceptors (Lipinski definition) is 4. The third-order valence-corrected chi connectivity index (χ3v) is 2.94. The second kappa shape index (κ2) is 5.28. The standard InChI is InChI=1S/C13H15FN4O2/c1-7(2)5-10-12(16-17-13(10)15)9-4-3-8(18(19)20)6-11(9)14/h3-4,6-7H,5H2,1-2H3,(H3,15,16,17). The topological polar surface area (TPSA) is 97.8 Å². The van der Waals surface area contributed by atoms with Gasteiger partial charge in [-0.05, 0) is 18.4 Å². The second-order valence-electron chi connectivity index (χ2n) is 4.98. The summed E-state index contributed by atoms with van der Waals surface area (Å²) in [7, 11) is 0. The molecule has 0 amide bonds. The molecule has 0 spiro atoms. The van der Waals surface area contributed by atoms with Crippen LogP contribution in [0.1, 0.15) is 19.4 Å². The Bertz CT molecular complexity index is 652. The number of nitrogens with two attached hydrogens (primary N) is 1. The Balaban J connectivity index is 2.49. The maximum absolute atomic E-state index is 14.0. The van der Waals surface area contributed by atoms with Crippen LogP contribution in [0.4, 0.5) is 15.9 Å². The number of aromatic amines is 1. The summed E-state index contributed by atoms with van der Waals surface area (Å²) in [5, 5.41) is 17.2. The van der Waals surface area contributed by atoms with Crippen molar-refractivity contribution in [3.8, 4) is 11.3 Å². The Labute approximate surface area is 115 Å². The minimum absolute atomic E-state index is 0.232. The summed E-state index contributed by atoms with van der Waals surface area (Å²) in [5.41, 5.74) is 6.93. The minimum atomic E-state index is -0.673. The van der Waals surface area contributed by atoms with Gasteiger partial charge in [-0.3, -0.25) is 15.2 Å². The molecule has 0 atom stereocenters. The molecule has 0 aliphatic carbocycles. The Morgan fingerprint density at radius 3 is 2.75 bits per heavy atom. The van der Waals surface area contributed by atoms with E-state index < -0.39 is 10.7 Å². The molecule has 1 aromatic carbocycles. The van der Waals surface area contributed by atoms with Gasteiger partial charge in [0.2, 0.25) is 0 Å². The van der Waals surface area contributed by atoms with E-state index in [1.54, 1.807) is 0 Å². The number of anilines is 1. The first-order chi connectivity index (χ1) is 9.40. The highest BCUT2D eigenvalue weighted by molar-refractivity contribution is 5.69. The predicted molar refractivity (Wildman–Crippen MR) is 73.6 cm³/mol. The smallest absolute Gasteiger partial charge is 0.272 e. The van der Waals surface area contributed by atoms with Crippen molar-refractivity contribution in [3.05, 3.63) is 39.7 Å². The van der Waals surface area contributed by atoms with Crippen LogP contribution < -0.4 is 5.73 Å². The number of H-pyrrole nitrogens is 1. The van der Waals surface area contributed by atoms with Crippen molar-refractivity contribution in [2.24, 2.45) is 5.92 Å². The average molecular weight is 278 g/mol. The molecule has 1 heterocycles. The number of nitro groups is 1. The number of nitrogen functional groups attached to an aromatic ring is 1. The number of benzene rings is 1. The van der Waals surface area contributed by atoms with Crippen LogP contribution in [0.25, 0.3) is 11.3 Å². The maximum Gasteiger partial charge on any atom is 0.272 e. The van der Waals surface area contributed by atoms with E-state index in [1.165, 1.54) is 12.1 Å². The molecular formula is C13H15FN4O2. The fraction of sp³-hybridized carbons (Fsp3) is 0.308. The molecule has 0 radical (unpaired) electrons. The highest BCUT2D eigenvalue weighted by atomic mass is 19.1. The third-order valence-electron chi connectivity index (χ3n) is 2.94. The van der Waals surface area contributed by atoms with Gasteiger partial charge in [0.15, 0.2) is 0 Å². The first-order valence-electron chi connectivity index (χ1n) is 6.17. The first-order valence-corrected chi connectivity index (χ1v) is 6.17. The lowest BCUT2D eigenvalue weighted by atomic mass is 9.99. The van der Waals surface area contributed by atoms with Gasteiger partial charge < -0.3 is 5.73 Å². The molecule has 20 heavy (non-hydrogen) atoms. The number of aromatic nitrogens is 2. The lowest BCUT2D eigenvalue weighted by Gasteiger charge is -2.07. The van der Waals surface area contributed by atoms with Crippen LogP contribution in [-0.4, -0.2) is 15.1 Å². The highest BCUT2D eigenvalue weighted by Gasteiger charge is 2.19. The van der Waals surface area contributed by atoms with Crippen LogP contribution in [0.15, 0.2) is 18.2 Å². The van der Waals surface area contributed by atoms with E-state index in [0.717, 1.165) is 11.6 Å². The molecule has 0 saturated carbocycles. The van der Waals surface area contributed by atoms with Gasteiger partial charge in [0.1, 0.15) is 11.6 Å². The van der Waals surface area contributed by atoms with Gasteiger partial charge in [0.25, 0.3) is 5.69 Å². The van der Waals surface area contributed by atoms with Crippen molar-refractivity contribution in [1.29, 1.82) is 0 Å². The molecule has 2 rings (SSSR count). The van der Waals surface area contributed by atoms with Crippen molar-refractivity contribution >= 4 is 11.5 Å². The quantitative estimate of drug-likeness (QED) is 0.663. The lowest BCUT2D eigenvalue weighted by molar-refractivity contribution is -0.385. The minimum Gasteiger partial charge on any atom is -0.382 e. The van der Waals surface area contributed by atoms with Crippen LogP contribution >= 0.6 is 0 Å². The van der Waals surface area contributed by atoms with Crippen LogP contribution in [0.3, 0.4) is 0 Å². The zero-order valence-corrected chi connectivity index (χ0v) is 11.2. The number of nitro benzene ring substituents is 1. The molecule has 3 N–H and O–H groups in total. The average Bonchev–Trinajstić information content (AvgIpc) is 2.70. The lowest BCUT2D eigenvalue weighted by Crippen LogP contribution is -2.00. The summed E-state index contributed by atoms with van der Waals surface area (Å²) in [6.07, 6.45) is 0.647. The molecule has 6 nitrogen and oxygen atoms in total. The number of nitrogens with zero attached hydrogens (tertiary/aromatic N) is 2. The van der Waals surface area contributed by atoms with Crippen molar-refractivity contribution in [1.82, 2.24) is 10.2 Å². The van der Waals surface area contributed by atoms with E-state index in [-0.39, 0.29) is 11.3 Å². The van der Waals surface area contributed by atoms with Crippen LogP contribution in [0.5, 0.6) is 0 Å². The fourth-order valence-corrected chi connectivity index (χ4v) is 2.04. The van der Waals surface area contributed by atoms with Crippen LogP contribution in [0, 0.1) is 21.8 Å². The second-order valence-corrected chi connectivity index (χ2v) is 4.98. The summed E-state index contributed by atoms with van der Waals surface area (Å²) >= 11 is 0. The maximum atomic E-state index is 14.0. The first kappa shape index (κ1) is 14.0. The number of nitrogens with one attached hydrogen (secondary N) is 1. The third kappa shape index (κ3) is 2.61. The molecule has 2 aromatic rings. The van der Waals surface area contributed by atoms with E-state index in [1.807, 2.05) is 13.8 Å². The number of non-ortho nitro benzene ring substituents is 1. The van der Waals surface area contributed by atoms with Gasteiger partial charge in [0.05, 0.1) is 16.7 Å². The Hall–Kier alpha value is -2.44. The Kier molecular flexibility index (Phi) is 3.69. The normalized spacial score (nSPS) is 11.0. The molecule has 0 fully saturated rings. The van der Waals surface area contributed by atoms with Crippen molar-refractivity contribution in [2.75, 3.05) is 5.73 Å². The van der Waals surface area contributed by atoms with Gasteiger partial charge in [-0.15, -0.1) is 0 Å². The summed E-state index contributed by atoms with van der Waals surface area (Å²) in [6.45, 7) is 4.03. The molecular weight excluding hydrogens is 263 g/mol. The number of halogens is 1. The summed E-state index contributed by atoms with van der Waals surface area (Å²) in [6, 6.07) is 3.52. The largest absolute Gasteiger partial charge is 0.382 e. The Morgan fingerprint density at radius 2 is 2.20 bits per heavy atom. The zero-order valence-electron chi connectivity index (χ0n) is 11.2. The van der Waals surface area contributed by atoms with E-state index >= 15 is 0 Å². The molecule has 0 aliphatic rings. The summed E-state index contributed by atoms with van der Waals surface area (Å²) in [5.74, 6) is -0.0194. The fourth-order valence-electron chi connectivity index (χ4n) is 2.04. The van der Waals surface area contributed by atoms with Gasteiger partial charge in [-0.2, -0.15) is 5.10 Å². The molecule has 106 valence electrons. The van der Waals surface area contributed by atoms with Gasteiger partial charge in [0, 0.05) is 17.2 Å². The molecule has 0 aliphatic heterocycles. The van der Waals surface area contributed by atoms with Gasteiger partial charge in [-0.25, -0.2) is 4.39 Å². The highest BCUT2D eigenvalue weighted by Crippen LogP contribution is 2.31. The Morgan fingerprint density at radius 1 is 1.50 bits per heavy atom. The zero-order chi connectivity index (χ0) is 14.9. The molecule has 7 heteroatoms. The summed E-state index contributed by atoms with van der Waals surface area (Å²) < 4.78 is 14.0. The van der Waals surface area contributed by atoms with Crippen molar-refractivity contribution < 1.29 is 9.31 Å². The van der Waals surface area contributed by atoms with E-state index in [9.17, 15) is 14.5 Å². The SMILES string of the molecule is CC(C)Cc1c(N)n[nH]c1-c1ccc([N+](=O)[O-])cc1F. The van der Waals surface area contributed by atoms with Crippen LogP contribution in [0.2, 0.25) is 0 Å². The molecule has 0 unspecified atom stereocenters. The van der Waals surface area contributed by atoms with Crippen molar-refractivity contribution in [3.63, 3.8) is 0 Å². The molecule has 1 aromatic heterocycles. The van der Waals surface area contributed by atoms with Gasteiger partial charge >= 0.3 is 0 Å². The van der Waals surface area contributed by atoms with E-state index in [2.05, 4.69) is 10.2 Å². The molecule has 0 saturated heterocycles. The predicted octanol–water partition coefficient (Wildman–Crippen LogP) is 2.90. The monoisotopic (exact) mass is 278 g/mol. The molecule has 0 bridgehead atoms. The number of rotatable bonds is 4. The summed E-state index contributed by atoms with van der Waals surface area (Å²) in [4.78, 5) is 9.98. The van der Waals surface area contributed by atoms with Gasteiger partial charge in [-0.1, -0.05) is 13.8 Å². The van der Waals surface area contributed by atoms with E-state index in [4.69, 9.17) is 5.73 Å². The van der Waals surface area contributed by atoms with Crippen molar-refractivity contribution in [2.45, 2.75) is 20.3 Å².